The van der Waals surface area contributed by atoms with Crippen molar-refractivity contribution >= 4 is 17.7 Å². The van der Waals surface area contributed by atoms with E-state index in [0.717, 1.165) is 0 Å². The van der Waals surface area contributed by atoms with Gasteiger partial charge in [-0.25, -0.2) is 4.79 Å². The lowest BCUT2D eigenvalue weighted by atomic mass is 9.86. The smallest absolute Gasteiger partial charge is 0.389 e. The summed E-state index contributed by atoms with van der Waals surface area (Å²) in [5.41, 5.74) is 0.771. The standard InChI is InChI=1S/C17H21F3N2O3/c18-17(19,20)10-9-11-3-1-2-4-14(11)22-16(25)21-13-7-5-12(6-8-13)15(23)24/h1-4,12-13H,5-10H2,(H,23,24)(H2,21,22,25). The van der Waals surface area contributed by atoms with Crippen LogP contribution in [0.25, 0.3) is 0 Å². The highest BCUT2D eigenvalue weighted by atomic mass is 19.4. The SMILES string of the molecule is O=C(Nc1ccccc1CCC(F)(F)F)NC1CCC(C(=O)O)CC1. The second-order valence-corrected chi connectivity index (χ2v) is 6.26. The zero-order valence-corrected chi connectivity index (χ0v) is 13.6. The van der Waals surface area contributed by atoms with E-state index in [1.165, 1.54) is 0 Å². The molecule has 138 valence electrons. The summed E-state index contributed by atoms with van der Waals surface area (Å²) in [6.07, 6.45) is -3.26. The van der Waals surface area contributed by atoms with E-state index in [4.69, 9.17) is 5.11 Å². The summed E-state index contributed by atoms with van der Waals surface area (Å²) >= 11 is 0. The van der Waals surface area contributed by atoms with Crippen LogP contribution >= 0.6 is 0 Å². The Morgan fingerprint density at radius 3 is 2.36 bits per heavy atom. The maximum Gasteiger partial charge on any atom is 0.389 e. The van der Waals surface area contributed by atoms with E-state index in [1.54, 1.807) is 24.3 Å². The summed E-state index contributed by atoms with van der Waals surface area (Å²) in [6.45, 7) is 0. The van der Waals surface area contributed by atoms with Crippen LogP contribution in [-0.4, -0.2) is 29.3 Å². The lowest BCUT2D eigenvalue weighted by Gasteiger charge is -2.27. The molecule has 0 atom stereocenters. The van der Waals surface area contributed by atoms with Crippen molar-refractivity contribution in [1.29, 1.82) is 0 Å². The molecule has 2 rings (SSSR count). The lowest BCUT2D eigenvalue weighted by Crippen LogP contribution is -2.41. The lowest BCUT2D eigenvalue weighted by molar-refractivity contribution is -0.142. The number of urea groups is 1. The van der Waals surface area contributed by atoms with Crippen molar-refractivity contribution in [2.45, 2.75) is 50.7 Å². The van der Waals surface area contributed by atoms with Gasteiger partial charge in [0.2, 0.25) is 0 Å². The molecule has 0 bridgehead atoms. The normalized spacial score (nSPS) is 20.8. The Hall–Kier alpha value is -2.25. The van der Waals surface area contributed by atoms with Crippen molar-refractivity contribution in [2.75, 3.05) is 5.32 Å². The molecule has 3 N–H and O–H groups in total. The summed E-state index contributed by atoms with van der Waals surface area (Å²) in [4.78, 5) is 23.0. The largest absolute Gasteiger partial charge is 0.481 e. The molecule has 5 nitrogen and oxygen atoms in total. The minimum absolute atomic E-state index is 0.127. The molecule has 0 spiro atoms. The van der Waals surface area contributed by atoms with Gasteiger partial charge in [-0.15, -0.1) is 0 Å². The van der Waals surface area contributed by atoms with Gasteiger partial charge in [-0.1, -0.05) is 18.2 Å². The van der Waals surface area contributed by atoms with E-state index in [2.05, 4.69) is 10.6 Å². The Bertz CT molecular complexity index is 611. The van der Waals surface area contributed by atoms with E-state index >= 15 is 0 Å². The van der Waals surface area contributed by atoms with Crippen molar-refractivity contribution in [1.82, 2.24) is 5.32 Å². The van der Waals surface area contributed by atoms with Gasteiger partial charge < -0.3 is 15.7 Å². The number of halogens is 3. The zero-order valence-electron chi connectivity index (χ0n) is 13.6. The number of carboxylic acids is 1. The Balaban J connectivity index is 1.87. The van der Waals surface area contributed by atoms with Crippen LogP contribution in [0.4, 0.5) is 23.7 Å². The summed E-state index contributed by atoms with van der Waals surface area (Å²) in [5.74, 6) is -1.19. The molecule has 0 radical (unpaired) electrons. The number of hydrogen-bond acceptors (Lipinski definition) is 2. The number of carboxylic acid groups (broad SMARTS) is 1. The van der Waals surface area contributed by atoms with Gasteiger partial charge in [-0.3, -0.25) is 4.79 Å². The molecule has 0 unspecified atom stereocenters. The van der Waals surface area contributed by atoms with Crippen LogP contribution < -0.4 is 10.6 Å². The average molecular weight is 358 g/mol. The maximum atomic E-state index is 12.4. The number of alkyl halides is 3. The average Bonchev–Trinajstić information content (AvgIpc) is 2.53. The summed E-state index contributed by atoms with van der Waals surface area (Å²) in [7, 11) is 0. The predicted molar refractivity (Wildman–Crippen MR) is 86.4 cm³/mol. The summed E-state index contributed by atoms with van der Waals surface area (Å²) in [6, 6.07) is 5.77. The number of carbonyl (C=O) groups is 2. The number of aryl methyl sites for hydroxylation is 1. The van der Waals surface area contributed by atoms with Crippen LogP contribution in [-0.2, 0) is 11.2 Å². The van der Waals surface area contributed by atoms with Crippen molar-refractivity contribution in [3.8, 4) is 0 Å². The Labute approximate surface area is 143 Å². The molecular weight excluding hydrogens is 337 g/mol. The fourth-order valence-corrected chi connectivity index (χ4v) is 2.97. The third kappa shape index (κ3) is 6.28. The molecule has 0 saturated heterocycles. The predicted octanol–water partition coefficient (Wildman–Crippen LogP) is 3.95. The fraction of sp³-hybridized carbons (Fsp3) is 0.529. The fourth-order valence-electron chi connectivity index (χ4n) is 2.97. The van der Waals surface area contributed by atoms with E-state index in [0.29, 0.717) is 36.9 Å². The van der Waals surface area contributed by atoms with Crippen LogP contribution in [0, 0.1) is 5.92 Å². The first kappa shape index (κ1) is 19.1. The number of para-hydroxylation sites is 1. The van der Waals surface area contributed by atoms with Crippen LogP contribution in [0.5, 0.6) is 0 Å². The van der Waals surface area contributed by atoms with Crippen LogP contribution in [0.1, 0.15) is 37.7 Å². The van der Waals surface area contributed by atoms with E-state index in [-0.39, 0.29) is 18.4 Å². The number of hydrogen-bond donors (Lipinski definition) is 3. The first-order valence-electron chi connectivity index (χ1n) is 8.19. The minimum Gasteiger partial charge on any atom is -0.481 e. The summed E-state index contributed by atoms with van der Waals surface area (Å²) in [5, 5.41) is 14.3. The number of nitrogens with one attached hydrogen (secondary N) is 2. The molecule has 0 aliphatic heterocycles. The Morgan fingerprint density at radius 2 is 1.76 bits per heavy atom. The van der Waals surface area contributed by atoms with Gasteiger partial charge in [0.25, 0.3) is 0 Å². The van der Waals surface area contributed by atoms with E-state index in [1.807, 2.05) is 0 Å². The highest BCUT2D eigenvalue weighted by molar-refractivity contribution is 5.90. The molecule has 1 aliphatic rings. The first-order valence-corrected chi connectivity index (χ1v) is 8.19. The first-order chi connectivity index (χ1) is 11.7. The number of rotatable bonds is 5. The van der Waals surface area contributed by atoms with Gasteiger partial charge >= 0.3 is 18.2 Å². The maximum absolute atomic E-state index is 12.4. The van der Waals surface area contributed by atoms with Crippen LogP contribution in [0.2, 0.25) is 0 Å². The molecule has 1 aliphatic carbocycles. The van der Waals surface area contributed by atoms with Crippen molar-refractivity contribution in [3.63, 3.8) is 0 Å². The molecule has 0 heterocycles. The number of anilines is 1. The molecule has 2 amide bonds. The molecule has 0 aromatic heterocycles. The number of carbonyl (C=O) groups excluding carboxylic acids is 1. The minimum atomic E-state index is -4.25. The summed E-state index contributed by atoms with van der Waals surface area (Å²) < 4.78 is 37.2. The molecule has 8 heteroatoms. The van der Waals surface area contributed by atoms with Gasteiger partial charge in [0.15, 0.2) is 0 Å². The number of aliphatic carboxylic acids is 1. The van der Waals surface area contributed by atoms with Gasteiger partial charge in [0, 0.05) is 18.2 Å². The topological polar surface area (TPSA) is 78.4 Å². The monoisotopic (exact) mass is 358 g/mol. The van der Waals surface area contributed by atoms with Gasteiger partial charge in [0.05, 0.1) is 5.92 Å². The van der Waals surface area contributed by atoms with Gasteiger partial charge in [-0.2, -0.15) is 13.2 Å². The number of benzene rings is 1. The highest BCUT2D eigenvalue weighted by Crippen LogP contribution is 2.26. The third-order valence-electron chi connectivity index (χ3n) is 4.36. The van der Waals surface area contributed by atoms with Gasteiger partial charge in [0.1, 0.15) is 0 Å². The molecule has 25 heavy (non-hydrogen) atoms. The Kier molecular flexibility index (Phi) is 6.27. The number of amides is 2. The van der Waals surface area contributed by atoms with E-state index < -0.39 is 24.6 Å². The second-order valence-electron chi connectivity index (χ2n) is 6.26. The molecule has 1 fully saturated rings. The molecule has 1 aromatic rings. The second kappa shape index (κ2) is 8.22. The third-order valence-corrected chi connectivity index (χ3v) is 4.36. The molecule has 1 saturated carbocycles. The Morgan fingerprint density at radius 1 is 1.12 bits per heavy atom. The van der Waals surface area contributed by atoms with Gasteiger partial charge in [-0.05, 0) is 43.7 Å². The van der Waals surface area contributed by atoms with Crippen molar-refractivity contribution in [3.05, 3.63) is 29.8 Å². The van der Waals surface area contributed by atoms with Crippen molar-refractivity contribution in [2.24, 2.45) is 5.92 Å². The van der Waals surface area contributed by atoms with Crippen molar-refractivity contribution < 1.29 is 27.9 Å². The highest BCUT2D eigenvalue weighted by Gasteiger charge is 2.28. The quantitative estimate of drug-likeness (QED) is 0.746. The van der Waals surface area contributed by atoms with Crippen LogP contribution in [0.15, 0.2) is 24.3 Å². The van der Waals surface area contributed by atoms with Crippen LogP contribution in [0.3, 0.4) is 0 Å². The zero-order chi connectivity index (χ0) is 18.4. The molecule has 1 aromatic carbocycles. The van der Waals surface area contributed by atoms with E-state index in [9.17, 15) is 22.8 Å². The molecular formula is C17H21F3N2O3.